The Morgan fingerprint density at radius 3 is 2.58 bits per heavy atom. The zero-order valence-corrected chi connectivity index (χ0v) is 17.5. The van der Waals surface area contributed by atoms with E-state index in [4.69, 9.17) is 4.74 Å². The number of hydrogen-bond donors (Lipinski definition) is 1. The van der Waals surface area contributed by atoms with Gasteiger partial charge in [0.1, 0.15) is 6.61 Å². The molecule has 0 spiro atoms. The van der Waals surface area contributed by atoms with Crippen molar-refractivity contribution in [3.05, 3.63) is 82.8 Å². The number of aromatic nitrogens is 3. The lowest BCUT2D eigenvalue weighted by atomic mass is 9.91. The third-order valence-corrected chi connectivity index (χ3v) is 5.69. The van der Waals surface area contributed by atoms with E-state index in [1.807, 2.05) is 41.1 Å². The zero-order valence-electron chi connectivity index (χ0n) is 17.5. The van der Waals surface area contributed by atoms with Crippen molar-refractivity contribution in [1.29, 1.82) is 0 Å². The van der Waals surface area contributed by atoms with Gasteiger partial charge in [-0.05, 0) is 18.4 Å². The van der Waals surface area contributed by atoms with Crippen molar-refractivity contribution < 1.29 is 14.6 Å². The minimum absolute atomic E-state index is 0.0538. The van der Waals surface area contributed by atoms with E-state index in [0.29, 0.717) is 32.5 Å². The number of carbonyl (C=O) groups is 1. The summed E-state index contributed by atoms with van der Waals surface area (Å²) in [7, 11) is 1.72. The first kappa shape index (κ1) is 20.9. The molecular weight excluding hydrogens is 396 g/mol. The summed E-state index contributed by atoms with van der Waals surface area (Å²) < 4.78 is 9.28. The van der Waals surface area contributed by atoms with Crippen molar-refractivity contribution in [3.63, 3.8) is 0 Å². The third kappa shape index (κ3) is 4.69. The molecule has 0 bridgehead atoms. The molecule has 1 amide bonds. The quantitative estimate of drug-likeness (QED) is 0.655. The van der Waals surface area contributed by atoms with Gasteiger partial charge in [0.25, 0.3) is 5.91 Å². The van der Waals surface area contributed by atoms with Gasteiger partial charge < -0.3 is 23.9 Å². The summed E-state index contributed by atoms with van der Waals surface area (Å²) in [5.41, 5.74) is -0.0870. The van der Waals surface area contributed by atoms with Crippen molar-refractivity contribution in [2.24, 2.45) is 7.05 Å². The van der Waals surface area contributed by atoms with E-state index in [2.05, 4.69) is 4.98 Å². The minimum atomic E-state index is -0.896. The number of hydrogen-bond acceptors (Lipinski definition) is 5. The van der Waals surface area contributed by atoms with Crippen LogP contribution in [0.3, 0.4) is 0 Å². The second kappa shape index (κ2) is 8.77. The molecule has 0 radical (unpaired) electrons. The minimum Gasteiger partial charge on any atom is -0.483 e. The summed E-state index contributed by atoms with van der Waals surface area (Å²) >= 11 is 0. The van der Waals surface area contributed by atoms with Crippen LogP contribution in [0.4, 0.5) is 0 Å². The molecule has 0 aliphatic carbocycles. The monoisotopic (exact) mass is 422 g/mol. The molecule has 8 nitrogen and oxygen atoms in total. The van der Waals surface area contributed by atoms with Crippen LogP contribution in [0, 0.1) is 0 Å². The van der Waals surface area contributed by atoms with E-state index in [-0.39, 0.29) is 29.4 Å². The van der Waals surface area contributed by atoms with E-state index < -0.39 is 5.60 Å². The van der Waals surface area contributed by atoms with E-state index >= 15 is 0 Å². The predicted octanol–water partition coefficient (Wildman–Crippen LogP) is 1.83. The van der Waals surface area contributed by atoms with Gasteiger partial charge in [-0.15, -0.1) is 0 Å². The number of imidazole rings is 1. The van der Waals surface area contributed by atoms with Crippen molar-refractivity contribution in [2.45, 2.75) is 31.6 Å². The van der Waals surface area contributed by atoms with Gasteiger partial charge in [-0.3, -0.25) is 9.59 Å². The van der Waals surface area contributed by atoms with Gasteiger partial charge in [0.15, 0.2) is 11.4 Å². The largest absolute Gasteiger partial charge is 0.483 e. The Morgan fingerprint density at radius 1 is 1.16 bits per heavy atom. The number of aryl methyl sites for hydroxylation is 1. The normalized spacial score (nSPS) is 15.6. The fourth-order valence-electron chi connectivity index (χ4n) is 3.88. The molecular formula is C23H26N4O4. The van der Waals surface area contributed by atoms with Gasteiger partial charge in [-0.25, -0.2) is 4.98 Å². The molecule has 1 N–H and O–H groups in total. The molecule has 3 aromatic rings. The summed E-state index contributed by atoms with van der Waals surface area (Å²) in [6, 6.07) is 10.9. The maximum Gasteiger partial charge on any atom is 0.274 e. The number of amides is 1. The average Bonchev–Trinajstić information content (AvgIpc) is 3.27. The number of ether oxygens (including phenoxy) is 1. The van der Waals surface area contributed by atoms with Gasteiger partial charge in [-0.1, -0.05) is 30.3 Å². The van der Waals surface area contributed by atoms with Crippen LogP contribution in [-0.4, -0.2) is 48.7 Å². The molecule has 0 atom stereocenters. The fourth-order valence-corrected chi connectivity index (χ4v) is 3.88. The maximum atomic E-state index is 13.3. The lowest BCUT2D eigenvalue weighted by Crippen LogP contribution is -2.49. The molecule has 2 aromatic heterocycles. The van der Waals surface area contributed by atoms with Crippen LogP contribution in [0.25, 0.3) is 0 Å². The number of aliphatic hydroxyl groups is 1. The molecule has 31 heavy (non-hydrogen) atoms. The van der Waals surface area contributed by atoms with Crippen LogP contribution >= 0.6 is 0 Å². The zero-order chi connectivity index (χ0) is 21.8. The van der Waals surface area contributed by atoms with E-state index in [1.54, 1.807) is 35.2 Å². The van der Waals surface area contributed by atoms with E-state index in [1.165, 1.54) is 6.07 Å². The number of carbonyl (C=O) groups excluding carboxylic acids is 1. The maximum absolute atomic E-state index is 13.3. The highest BCUT2D eigenvalue weighted by Crippen LogP contribution is 2.26. The van der Waals surface area contributed by atoms with E-state index in [9.17, 15) is 14.7 Å². The van der Waals surface area contributed by atoms with Crippen LogP contribution in [-0.2, 0) is 20.2 Å². The SMILES string of the molecule is Cn1ccc(=O)c(OCc2ccccc2)c1C(=O)N1CCC(O)(Cn2ccnc2)CC1. The Bertz CT molecular complexity index is 1080. The van der Waals surface area contributed by atoms with E-state index in [0.717, 1.165) is 5.56 Å². The lowest BCUT2D eigenvalue weighted by molar-refractivity contribution is -0.0294. The molecule has 0 saturated carbocycles. The highest BCUT2D eigenvalue weighted by molar-refractivity contribution is 5.95. The van der Waals surface area contributed by atoms with Crippen LogP contribution in [0.15, 0.2) is 66.1 Å². The second-order valence-electron chi connectivity index (χ2n) is 7.99. The first-order valence-electron chi connectivity index (χ1n) is 10.3. The van der Waals surface area contributed by atoms with Gasteiger partial charge in [0, 0.05) is 44.8 Å². The summed E-state index contributed by atoms with van der Waals surface area (Å²) in [5, 5.41) is 10.9. The molecule has 4 rings (SSSR count). The molecule has 1 aliphatic rings. The standard InChI is InChI=1S/C23H26N4O4/c1-25-11-7-19(28)21(31-15-18-5-3-2-4-6-18)20(25)22(29)27-12-8-23(30,9-13-27)16-26-14-10-24-17-26/h2-7,10-11,14,17,30H,8-9,12-13,15-16H2,1H3. The van der Waals surface area contributed by atoms with Gasteiger partial charge in [0.2, 0.25) is 5.43 Å². The third-order valence-electron chi connectivity index (χ3n) is 5.69. The van der Waals surface area contributed by atoms with Crippen LogP contribution < -0.4 is 10.2 Å². The first-order chi connectivity index (χ1) is 15.0. The number of pyridine rings is 1. The molecule has 8 heteroatoms. The molecule has 1 aliphatic heterocycles. The second-order valence-corrected chi connectivity index (χ2v) is 7.99. The number of benzene rings is 1. The summed E-state index contributed by atoms with van der Waals surface area (Å²) in [5.74, 6) is -0.217. The number of likely N-dealkylation sites (tertiary alicyclic amines) is 1. The van der Waals surface area contributed by atoms with Crippen LogP contribution in [0.5, 0.6) is 5.75 Å². The Kier molecular flexibility index (Phi) is 5.90. The predicted molar refractivity (Wildman–Crippen MR) is 115 cm³/mol. The van der Waals surface area contributed by atoms with Crippen molar-refractivity contribution >= 4 is 5.91 Å². The number of nitrogens with zero attached hydrogens (tertiary/aromatic N) is 4. The molecule has 162 valence electrons. The van der Waals surface area contributed by atoms with Crippen molar-refractivity contribution in [3.8, 4) is 5.75 Å². The Balaban J connectivity index is 1.49. The van der Waals surface area contributed by atoms with Gasteiger partial charge in [-0.2, -0.15) is 0 Å². The highest BCUT2D eigenvalue weighted by Gasteiger charge is 2.35. The molecule has 1 fully saturated rings. The average molecular weight is 422 g/mol. The number of piperidine rings is 1. The lowest BCUT2D eigenvalue weighted by Gasteiger charge is -2.38. The molecule has 3 heterocycles. The first-order valence-corrected chi connectivity index (χ1v) is 10.3. The summed E-state index contributed by atoms with van der Waals surface area (Å²) in [6.45, 7) is 1.42. The van der Waals surface area contributed by atoms with Crippen LogP contribution in [0.2, 0.25) is 0 Å². The Labute approximate surface area is 180 Å². The molecule has 1 saturated heterocycles. The molecule has 0 unspecified atom stereocenters. The van der Waals surface area contributed by atoms with Crippen molar-refractivity contribution in [1.82, 2.24) is 19.0 Å². The van der Waals surface area contributed by atoms with Crippen molar-refractivity contribution in [2.75, 3.05) is 13.1 Å². The molecule has 1 aromatic carbocycles. The number of rotatable bonds is 6. The van der Waals surface area contributed by atoms with Crippen LogP contribution in [0.1, 0.15) is 28.9 Å². The Morgan fingerprint density at radius 2 is 1.90 bits per heavy atom. The van der Waals surface area contributed by atoms with Gasteiger partial charge >= 0.3 is 0 Å². The highest BCUT2D eigenvalue weighted by atomic mass is 16.5. The fraction of sp³-hybridized carbons (Fsp3) is 0.348. The smallest absolute Gasteiger partial charge is 0.274 e. The van der Waals surface area contributed by atoms with Gasteiger partial charge in [0.05, 0.1) is 18.5 Å². The summed E-state index contributed by atoms with van der Waals surface area (Å²) in [4.78, 5) is 31.5. The Hall–Kier alpha value is -3.39. The topological polar surface area (TPSA) is 89.6 Å². The summed E-state index contributed by atoms with van der Waals surface area (Å²) in [6.07, 6.45) is 7.62.